The number of hydrogen-bond acceptors (Lipinski definition) is 4. The van der Waals surface area contributed by atoms with Gasteiger partial charge in [-0.15, -0.1) is 11.8 Å². The molecule has 0 radical (unpaired) electrons. The molecule has 0 spiro atoms. The zero-order valence-electron chi connectivity index (χ0n) is 10.5. The predicted octanol–water partition coefficient (Wildman–Crippen LogP) is 2.95. The Bertz CT molecular complexity index is 539. The molecule has 2 aromatic rings. The molecule has 1 aromatic carbocycles. The van der Waals surface area contributed by atoms with Gasteiger partial charge in [-0.2, -0.15) is 0 Å². The number of phenolic OH excluding ortho intramolecular Hbond substituents is 1. The number of thioether (sulfide) groups is 1. The summed E-state index contributed by atoms with van der Waals surface area (Å²) in [6.45, 7) is 1.86. The number of rotatable bonds is 5. The maximum atomic E-state index is 11.8. The molecule has 5 heteroatoms. The van der Waals surface area contributed by atoms with Crippen LogP contribution in [0.15, 0.2) is 52.0 Å². The van der Waals surface area contributed by atoms with Crippen molar-refractivity contribution >= 4 is 17.7 Å². The highest BCUT2D eigenvalue weighted by Gasteiger charge is 2.12. The number of hydrogen-bond donors (Lipinski definition) is 2. The molecular weight excluding hydrogens is 262 g/mol. The van der Waals surface area contributed by atoms with Gasteiger partial charge in [-0.25, -0.2) is 0 Å². The molecule has 100 valence electrons. The molecule has 0 saturated heterocycles. The standard InChI is InChI=1S/C14H15NO3S/c1-10(12-6-4-8-18-12)15-14(17)9-19-13-7-3-2-5-11(13)16/h2-8,10,16H,9H2,1H3,(H,15,17). The lowest BCUT2D eigenvalue weighted by molar-refractivity contribution is -0.119. The number of phenols is 1. The third-order valence-corrected chi connectivity index (χ3v) is 3.63. The fourth-order valence-corrected chi connectivity index (χ4v) is 2.38. The van der Waals surface area contributed by atoms with Crippen LogP contribution in [0.3, 0.4) is 0 Å². The van der Waals surface area contributed by atoms with E-state index in [-0.39, 0.29) is 23.5 Å². The monoisotopic (exact) mass is 277 g/mol. The van der Waals surface area contributed by atoms with Crippen molar-refractivity contribution in [2.75, 3.05) is 5.75 Å². The summed E-state index contributed by atoms with van der Waals surface area (Å²) in [6.07, 6.45) is 1.58. The Morgan fingerprint density at radius 2 is 2.16 bits per heavy atom. The largest absolute Gasteiger partial charge is 0.507 e. The summed E-state index contributed by atoms with van der Waals surface area (Å²) in [5.41, 5.74) is 0. The quantitative estimate of drug-likeness (QED) is 0.825. The van der Waals surface area contributed by atoms with Gasteiger partial charge in [-0.3, -0.25) is 4.79 Å². The highest BCUT2D eigenvalue weighted by atomic mass is 32.2. The molecule has 0 aliphatic heterocycles. The zero-order valence-corrected chi connectivity index (χ0v) is 11.3. The predicted molar refractivity (Wildman–Crippen MR) is 74.1 cm³/mol. The molecule has 0 aliphatic rings. The third kappa shape index (κ3) is 3.79. The van der Waals surface area contributed by atoms with Gasteiger partial charge in [0, 0.05) is 4.90 Å². The van der Waals surface area contributed by atoms with Crippen molar-refractivity contribution in [1.82, 2.24) is 5.32 Å². The lowest BCUT2D eigenvalue weighted by Crippen LogP contribution is -2.27. The van der Waals surface area contributed by atoms with Crippen LogP contribution in [0.1, 0.15) is 18.7 Å². The van der Waals surface area contributed by atoms with E-state index >= 15 is 0 Å². The van der Waals surface area contributed by atoms with E-state index in [9.17, 15) is 9.90 Å². The first-order valence-corrected chi connectivity index (χ1v) is 6.89. The van der Waals surface area contributed by atoms with E-state index in [1.165, 1.54) is 11.8 Å². The molecule has 1 atom stereocenters. The smallest absolute Gasteiger partial charge is 0.230 e. The van der Waals surface area contributed by atoms with Gasteiger partial charge in [0.15, 0.2) is 0 Å². The maximum absolute atomic E-state index is 11.8. The van der Waals surface area contributed by atoms with Crippen LogP contribution in [-0.4, -0.2) is 16.8 Å². The number of carbonyl (C=O) groups is 1. The van der Waals surface area contributed by atoms with Crippen molar-refractivity contribution in [1.29, 1.82) is 0 Å². The number of nitrogens with one attached hydrogen (secondary N) is 1. The van der Waals surface area contributed by atoms with Crippen LogP contribution < -0.4 is 5.32 Å². The van der Waals surface area contributed by atoms with Crippen LogP contribution in [-0.2, 0) is 4.79 Å². The molecule has 1 aromatic heterocycles. The zero-order chi connectivity index (χ0) is 13.7. The van der Waals surface area contributed by atoms with E-state index in [1.54, 1.807) is 30.5 Å². The Labute approximate surface area is 115 Å². The van der Waals surface area contributed by atoms with Gasteiger partial charge in [0.05, 0.1) is 18.1 Å². The molecular formula is C14H15NO3S. The van der Waals surface area contributed by atoms with Crippen molar-refractivity contribution in [3.8, 4) is 5.75 Å². The van der Waals surface area contributed by atoms with E-state index in [1.807, 2.05) is 19.1 Å². The Balaban J connectivity index is 1.84. The van der Waals surface area contributed by atoms with Crippen molar-refractivity contribution in [2.45, 2.75) is 17.9 Å². The van der Waals surface area contributed by atoms with E-state index in [2.05, 4.69) is 5.32 Å². The lowest BCUT2D eigenvalue weighted by atomic mass is 10.2. The van der Waals surface area contributed by atoms with Gasteiger partial charge >= 0.3 is 0 Å². The van der Waals surface area contributed by atoms with Gasteiger partial charge in [0.25, 0.3) is 0 Å². The third-order valence-electron chi connectivity index (χ3n) is 2.57. The lowest BCUT2D eigenvalue weighted by Gasteiger charge is -2.11. The first-order chi connectivity index (χ1) is 9.16. The van der Waals surface area contributed by atoms with Gasteiger partial charge in [0.2, 0.25) is 5.91 Å². The summed E-state index contributed by atoms with van der Waals surface area (Å²) in [7, 11) is 0. The highest BCUT2D eigenvalue weighted by molar-refractivity contribution is 8.00. The van der Waals surface area contributed by atoms with E-state index in [0.717, 1.165) is 5.76 Å². The first-order valence-electron chi connectivity index (χ1n) is 5.90. The summed E-state index contributed by atoms with van der Waals surface area (Å²) in [5.74, 6) is 1.07. The normalized spacial score (nSPS) is 12.1. The minimum absolute atomic E-state index is 0.0999. The van der Waals surface area contributed by atoms with Crippen molar-refractivity contribution in [3.05, 3.63) is 48.4 Å². The Morgan fingerprint density at radius 3 is 2.84 bits per heavy atom. The molecule has 0 saturated carbocycles. The van der Waals surface area contributed by atoms with Crippen molar-refractivity contribution in [2.24, 2.45) is 0 Å². The molecule has 2 rings (SSSR count). The van der Waals surface area contributed by atoms with E-state index in [0.29, 0.717) is 4.90 Å². The number of carbonyl (C=O) groups excluding carboxylic acids is 1. The second-order valence-corrected chi connectivity index (χ2v) is 5.08. The van der Waals surface area contributed by atoms with Crippen molar-refractivity contribution in [3.63, 3.8) is 0 Å². The summed E-state index contributed by atoms with van der Waals surface area (Å²) in [5, 5.41) is 12.4. The van der Waals surface area contributed by atoms with E-state index < -0.39 is 0 Å². The maximum Gasteiger partial charge on any atom is 0.230 e. The summed E-state index contributed by atoms with van der Waals surface area (Å²) in [6, 6.07) is 10.4. The summed E-state index contributed by atoms with van der Waals surface area (Å²) in [4.78, 5) is 12.5. The molecule has 19 heavy (non-hydrogen) atoms. The molecule has 2 N–H and O–H groups in total. The van der Waals surface area contributed by atoms with Gasteiger partial charge < -0.3 is 14.8 Å². The topological polar surface area (TPSA) is 62.5 Å². The van der Waals surface area contributed by atoms with Gasteiger partial charge in [0.1, 0.15) is 11.5 Å². The van der Waals surface area contributed by atoms with E-state index in [4.69, 9.17) is 4.42 Å². The number of amides is 1. The van der Waals surface area contributed by atoms with Crippen LogP contribution in [0, 0.1) is 0 Å². The minimum Gasteiger partial charge on any atom is -0.507 e. The molecule has 0 bridgehead atoms. The van der Waals surface area contributed by atoms with Crippen LogP contribution in [0.25, 0.3) is 0 Å². The Kier molecular flexibility index (Phi) is 4.52. The van der Waals surface area contributed by atoms with Crippen LogP contribution in [0.4, 0.5) is 0 Å². The average Bonchev–Trinajstić information content (AvgIpc) is 2.91. The van der Waals surface area contributed by atoms with Gasteiger partial charge in [-0.05, 0) is 31.2 Å². The number of aromatic hydroxyl groups is 1. The van der Waals surface area contributed by atoms with Crippen LogP contribution >= 0.6 is 11.8 Å². The van der Waals surface area contributed by atoms with Crippen LogP contribution in [0.2, 0.25) is 0 Å². The molecule has 0 aliphatic carbocycles. The number of benzene rings is 1. The second kappa shape index (κ2) is 6.33. The summed E-state index contributed by atoms with van der Waals surface area (Å²) < 4.78 is 5.22. The van der Waals surface area contributed by atoms with Crippen molar-refractivity contribution < 1.29 is 14.3 Å². The highest BCUT2D eigenvalue weighted by Crippen LogP contribution is 2.27. The SMILES string of the molecule is CC(NC(=O)CSc1ccccc1O)c1ccco1. The fourth-order valence-electron chi connectivity index (χ4n) is 1.61. The van der Waals surface area contributed by atoms with Crippen LogP contribution in [0.5, 0.6) is 5.75 Å². The molecule has 0 fully saturated rings. The number of furan rings is 1. The fraction of sp³-hybridized carbons (Fsp3) is 0.214. The van der Waals surface area contributed by atoms with Gasteiger partial charge in [-0.1, -0.05) is 12.1 Å². The molecule has 1 heterocycles. The Morgan fingerprint density at radius 1 is 1.37 bits per heavy atom. The molecule has 4 nitrogen and oxygen atoms in total. The number of para-hydroxylation sites is 1. The summed E-state index contributed by atoms with van der Waals surface area (Å²) >= 11 is 1.30. The first kappa shape index (κ1) is 13.5. The second-order valence-electron chi connectivity index (χ2n) is 4.06. The molecule has 1 amide bonds. The minimum atomic E-state index is -0.160. The average molecular weight is 277 g/mol. The Hall–Kier alpha value is -1.88. The molecule has 1 unspecified atom stereocenters.